The van der Waals surface area contributed by atoms with Crippen LogP contribution in [0.4, 0.5) is 0 Å². The van der Waals surface area contributed by atoms with Crippen molar-refractivity contribution in [2.45, 2.75) is 19.5 Å². The first-order chi connectivity index (χ1) is 10.2. The lowest BCUT2D eigenvalue weighted by Gasteiger charge is -2.34. The Bertz CT molecular complexity index is 505. The maximum Gasteiger partial charge on any atom is 0.367 e. The van der Waals surface area contributed by atoms with Gasteiger partial charge in [-0.3, -0.25) is 9.69 Å². The van der Waals surface area contributed by atoms with Crippen molar-refractivity contribution in [3.05, 3.63) is 16.1 Å². The number of thiazole rings is 1. The molecule has 0 aromatic carbocycles. The van der Waals surface area contributed by atoms with Crippen LogP contribution in [0.25, 0.3) is 0 Å². The first kappa shape index (κ1) is 15.9. The lowest BCUT2D eigenvalue weighted by molar-refractivity contribution is -0.126. The monoisotopic (exact) mass is 312 g/mol. The maximum absolute atomic E-state index is 11.9. The third kappa shape index (κ3) is 3.99. The van der Waals surface area contributed by atoms with E-state index in [1.54, 1.807) is 14.0 Å². The molecule has 1 fully saturated rings. The summed E-state index contributed by atoms with van der Waals surface area (Å²) in [6.45, 7) is 4.88. The van der Waals surface area contributed by atoms with Gasteiger partial charge in [-0.2, -0.15) is 0 Å². The average molecular weight is 312 g/mol. The predicted molar refractivity (Wildman–Crippen MR) is 79.2 cm³/mol. The minimum absolute atomic E-state index is 0.0111. The van der Waals surface area contributed by atoms with E-state index in [-0.39, 0.29) is 11.9 Å². The number of hydrogen-bond donors (Lipinski definition) is 2. The Morgan fingerprint density at radius 1 is 1.62 bits per heavy atom. The van der Waals surface area contributed by atoms with Crippen LogP contribution in [-0.4, -0.2) is 61.1 Å². The van der Waals surface area contributed by atoms with E-state index in [9.17, 15) is 9.59 Å². The molecule has 116 valence electrons. The zero-order valence-electron chi connectivity index (χ0n) is 12.2. The molecule has 1 saturated heterocycles. The molecule has 1 amide bonds. The fraction of sp³-hybridized carbons (Fsp3) is 0.615. The number of aromatic nitrogens is 1. The molecule has 1 aromatic rings. The van der Waals surface area contributed by atoms with Gasteiger partial charge in [0.05, 0.1) is 12.3 Å². The quantitative estimate of drug-likeness (QED) is 0.735. The fourth-order valence-electron chi connectivity index (χ4n) is 2.24. The van der Waals surface area contributed by atoms with Crippen LogP contribution in [-0.2, 0) is 16.1 Å². The van der Waals surface area contributed by atoms with E-state index < -0.39 is 5.97 Å². The Labute approximate surface area is 127 Å². The standard InChI is InChI=1S/C13H20N4O3S/c1-3-20-13(19)12-16-9(8-21-12)7-17-5-4-15-6-10(17)11(18)14-2/h8,10,15H,3-7H2,1-2H3,(H,14,18). The van der Waals surface area contributed by atoms with Gasteiger partial charge in [0.15, 0.2) is 0 Å². The summed E-state index contributed by atoms with van der Waals surface area (Å²) >= 11 is 1.27. The second kappa shape index (κ2) is 7.48. The molecule has 2 heterocycles. The van der Waals surface area contributed by atoms with Crippen molar-refractivity contribution in [2.75, 3.05) is 33.3 Å². The highest BCUT2D eigenvalue weighted by Gasteiger charge is 2.28. The van der Waals surface area contributed by atoms with Crippen LogP contribution < -0.4 is 10.6 Å². The van der Waals surface area contributed by atoms with Gasteiger partial charge in [0, 0.05) is 38.6 Å². The molecule has 0 bridgehead atoms. The number of carbonyl (C=O) groups is 2. The molecule has 0 aliphatic carbocycles. The summed E-state index contributed by atoms with van der Waals surface area (Å²) in [5, 5.41) is 8.09. The van der Waals surface area contributed by atoms with Crippen LogP contribution in [0, 0.1) is 0 Å². The predicted octanol–water partition coefficient (Wildman–Crippen LogP) is -0.160. The molecular formula is C13H20N4O3S. The number of piperazine rings is 1. The second-order valence-electron chi connectivity index (χ2n) is 4.67. The van der Waals surface area contributed by atoms with Gasteiger partial charge in [0.2, 0.25) is 10.9 Å². The highest BCUT2D eigenvalue weighted by Crippen LogP contribution is 2.15. The molecule has 7 nitrogen and oxygen atoms in total. The summed E-state index contributed by atoms with van der Waals surface area (Å²) in [6, 6.07) is -0.212. The lowest BCUT2D eigenvalue weighted by Crippen LogP contribution is -2.56. The molecule has 1 atom stereocenters. The number of amides is 1. The number of nitrogens with one attached hydrogen (secondary N) is 2. The largest absolute Gasteiger partial charge is 0.461 e. The van der Waals surface area contributed by atoms with E-state index in [0.29, 0.717) is 24.7 Å². The van der Waals surface area contributed by atoms with Crippen molar-refractivity contribution in [1.82, 2.24) is 20.5 Å². The summed E-state index contributed by atoms with van der Waals surface area (Å²) in [4.78, 5) is 29.8. The van der Waals surface area contributed by atoms with E-state index in [1.807, 2.05) is 5.38 Å². The average Bonchev–Trinajstić information content (AvgIpc) is 2.96. The Morgan fingerprint density at radius 2 is 2.43 bits per heavy atom. The van der Waals surface area contributed by atoms with Gasteiger partial charge in [-0.15, -0.1) is 11.3 Å². The molecule has 1 aliphatic heterocycles. The minimum Gasteiger partial charge on any atom is -0.461 e. The van der Waals surface area contributed by atoms with E-state index in [1.165, 1.54) is 11.3 Å². The molecule has 8 heteroatoms. The van der Waals surface area contributed by atoms with Crippen LogP contribution in [0.3, 0.4) is 0 Å². The van der Waals surface area contributed by atoms with Crippen molar-refractivity contribution in [1.29, 1.82) is 0 Å². The Morgan fingerprint density at radius 3 is 3.14 bits per heavy atom. The van der Waals surface area contributed by atoms with Crippen molar-refractivity contribution in [3.8, 4) is 0 Å². The first-order valence-electron chi connectivity index (χ1n) is 6.93. The van der Waals surface area contributed by atoms with Gasteiger partial charge in [0.1, 0.15) is 6.04 Å². The van der Waals surface area contributed by atoms with Crippen LogP contribution in [0.2, 0.25) is 0 Å². The normalized spacial score (nSPS) is 19.2. The Hall–Kier alpha value is -1.51. The Kier molecular flexibility index (Phi) is 5.66. The van der Waals surface area contributed by atoms with Crippen LogP contribution in [0.15, 0.2) is 5.38 Å². The third-order valence-electron chi connectivity index (χ3n) is 3.27. The molecule has 1 aromatic heterocycles. The van der Waals surface area contributed by atoms with Gasteiger partial charge < -0.3 is 15.4 Å². The van der Waals surface area contributed by atoms with Crippen molar-refractivity contribution >= 4 is 23.2 Å². The first-order valence-corrected chi connectivity index (χ1v) is 7.81. The number of nitrogens with zero attached hydrogens (tertiary/aromatic N) is 2. The van der Waals surface area contributed by atoms with E-state index in [4.69, 9.17) is 4.74 Å². The number of ether oxygens (including phenoxy) is 1. The summed E-state index contributed by atoms with van der Waals surface area (Å²) in [7, 11) is 1.64. The summed E-state index contributed by atoms with van der Waals surface area (Å²) < 4.78 is 4.93. The molecule has 0 radical (unpaired) electrons. The summed E-state index contributed by atoms with van der Waals surface area (Å²) in [5.74, 6) is -0.403. The number of likely N-dealkylation sites (N-methyl/N-ethyl adjacent to an activating group) is 1. The maximum atomic E-state index is 11.9. The van der Waals surface area contributed by atoms with Crippen LogP contribution >= 0.6 is 11.3 Å². The molecule has 21 heavy (non-hydrogen) atoms. The third-order valence-corrected chi connectivity index (χ3v) is 4.14. The minimum atomic E-state index is -0.392. The zero-order chi connectivity index (χ0) is 15.2. The molecule has 1 aliphatic rings. The van der Waals surface area contributed by atoms with Crippen LogP contribution in [0.5, 0.6) is 0 Å². The topological polar surface area (TPSA) is 83.6 Å². The van der Waals surface area contributed by atoms with Gasteiger partial charge in [-0.05, 0) is 6.92 Å². The van der Waals surface area contributed by atoms with Crippen molar-refractivity contribution in [3.63, 3.8) is 0 Å². The zero-order valence-corrected chi connectivity index (χ0v) is 13.0. The van der Waals surface area contributed by atoms with E-state index >= 15 is 0 Å². The molecule has 0 saturated carbocycles. The molecule has 2 N–H and O–H groups in total. The Balaban J connectivity index is 2.02. The highest BCUT2D eigenvalue weighted by atomic mass is 32.1. The number of hydrogen-bond acceptors (Lipinski definition) is 7. The SMILES string of the molecule is CCOC(=O)c1nc(CN2CCNCC2C(=O)NC)cs1. The number of esters is 1. The highest BCUT2D eigenvalue weighted by molar-refractivity contribution is 7.11. The smallest absolute Gasteiger partial charge is 0.367 e. The summed E-state index contributed by atoms with van der Waals surface area (Å²) in [5.41, 5.74) is 0.791. The number of carbonyl (C=O) groups excluding carboxylic acids is 2. The van der Waals surface area contributed by atoms with Crippen molar-refractivity contribution in [2.24, 2.45) is 0 Å². The molecular weight excluding hydrogens is 292 g/mol. The molecule has 2 rings (SSSR count). The van der Waals surface area contributed by atoms with Gasteiger partial charge >= 0.3 is 5.97 Å². The fourth-order valence-corrected chi connectivity index (χ4v) is 2.94. The van der Waals surface area contributed by atoms with Gasteiger partial charge in [-0.25, -0.2) is 9.78 Å². The van der Waals surface area contributed by atoms with E-state index in [2.05, 4.69) is 20.5 Å². The second-order valence-corrected chi connectivity index (χ2v) is 5.53. The number of rotatable bonds is 5. The van der Waals surface area contributed by atoms with Crippen molar-refractivity contribution < 1.29 is 14.3 Å². The van der Waals surface area contributed by atoms with E-state index in [0.717, 1.165) is 18.8 Å². The van der Waals surface area contributed by atoms with Gasteiger partial charge in [-0.1, -0.05) is 0 Å². The molecule has 1 unspecified atom stereocenters. The summed E-state index contributed by atoms with van der Waals surface area (Å²) in [6.07, 6.45) is 0. The van der Waals surface area contributed by atoms with Gasteiger partial charge in [0.25, 0.3) is 0 Å². The molecule has 0 spiro atoms. The lowest BCUT2D eigenvalue weighted by atomic mass is 10.1. The van der Waals surface area contributed by atoms with Crippen LogP contribution in [0.1, 0.15) is 22.4 Å².